The molecule has 0 spiro atoms. The maximum absolute atomic E-state index is 11.0. The molecular formula is C13H20ClNO4. The lowest BCUT2D eigenvalue weighted by atomic mass is 10.2. The largest absolute Gasteiger partial charge is 0.490 e. The van der Waals surface area contributed by atoms with Gasteiger partial charge in [0.05, 0.1) is 20.3 Å². The molecular weight excluding hydrogens is 270 g/mol. The molecule has 108 valence electrons. The van der Waals surface area contributed by atoms with Gasteiger partial charge in [0.2, 0.25) is 0 Å². The molecule has 0 saturated carbocycles. The highest BCUT2D eigenvalue weighted by molar-refractivity contribution is 5.85. The van der Waals surface area contributed by atoms with Crippen LogP contribution in [0.4, 0.5) is 5.69 Å². The van der Waals surface area contributed by atoms with Crippen LogP contribution in [-0.2, 0) is 9.53 Å². The fourth-order valence-corrected chi connectivity index (χ4v) is 1.41. The highest BCUT2D eigenvalue weighted by Gasteiger charge is 2.07. The van der Waals surface area contributed by atoms with Crippen molar-refractivity contribution in [1.29, 1.82) is 0 Å². The summed E-state index contributed by atoms with van der Waals surface area (Å²) in [5.41, 5.74) is 0.785. The summed E-state index contributed by atoms with van der Waals surface area (Å²) in [5, 5.41) is 2.95. The zero-order valence-electron chi connectivity index (χ0n) is 11.4. The smallest absolute Gasteiger partial charge is 0.325 e. The standard InChI is InChI=1S/C13H19NO4.ClH/c1-4-17-11-7-6-10(8-12(11)18-5-2)14-9-13(15)16-3;/h6-8,14H,4-5,9H2,1-3H3;1H. The molecule has 0 fully saturated rings. The third kappa shape index (κ3) is 5.70. The second-order valence-corrected chi connectivity index (χ2v) is 3.46. The molecule has 1 N–H and O–H groups in total. The molecule has 1 aromatic carbocycles. The second-order valence-electron chi connectivity index (χ2n) is 3.46. The first-order valence-corrected chi connectivity index (χ1v) is 5.91. The molecule has 0 radical (unpaired) electrons. The zero-order valence-corrected chi connectivity index (χ0v) is 12.2. The summed E-state index contributed by atoms with van der Waals surface area (Å²) in [6.45, 7) is 5.08. The Hall–Kier alpha value is -1.62. The van der Waals surface area contributed by atoms with Gasteiger partial charge in [-0.3, -0.25) is 4.79 Å². The highest BCUT2D eigenvalue weighted by Crippen LogP contribution is 2.30. The van der Waals surface area contributed by atoms with Crippen LogP contribution in [0.3, 0.4) is 0 Å². The summed E-state index contributed by atoms with van der Waals surface area (Å²) in [6, 6.07) is 5.45. The lowest BCUT2D eigenvalue weighted by molar-refractivity contribution is -0.138. The Bertz CT molecular complexity index is 398. The van der Waals surface area contributed by atoms with Crippen molar-refractivity contribution in [3.8, 4) is 11.5 Å². The summed E-state index contributed by atoms with van der Waals surface area (Å²) in [7, 11) is 1.35. The molecule has 0 atom stereocenters. The van der Waals surface area contributed by atoms with E-state index < -0.39 is 0 Å². The molecule has 0 aliphatic rings. The average Bonchev–Trinajstić information content (AvgIpc) is 2.39. The van der Waals surface area contributed by atoms with Crippen LogP contribution in [0.5, 0.6) is 11.5 Å². The number of benzene rings is 1. The molecule has 0 heterocycles. The fraction of sp³-hybridized carbons (Fsp3) is 0.462. The van der Waals surface area contributed by atoms with Crippen LogP contribution < -0.4 is 14.8 Å². The number of rotatable bonds is 7. The average molecular weight is 290 g/mol. The third-order valence-corrected chi connectivity index (χ3v) is 2.21. The summed E-state index contributed by atoms with van der Waals surface area (Å²) in [6.07, 6.45) is 0. The van der Waals surface area contributed by atoms with E-state index in [4.69, 9.17) is 9.47 Å². The number of esters is 1. The quantitative estimate of drug-likeness (QED) is 0.782. The number of halogens is 1. The predicted molar refractivity (Wildman–Crippen MR) is 76.5 cm³/mol. The summed E-state index contributed by atoms with van der Waals surface area (Å²) in [4.78, 5) is 11.0. The van der Waals surface area contributed by atoms with E-state index >= 15 is 0 Å². The maximum atomic E-state index is 11.0. The van der Waals surface area contributed by atoms with Crippen molar-refractivity contribution in [2.75, 3.05) is 32.2 Å². The number of nitrogens with one attached hydrogen (secondary N) is 1. The maximum Gasteiger partial charge on any atom is 0.325 e. The van der Waals surface area contributed by atoms with Crippen LogP contribution in [-0.4, -0.2) is 32.8 Å². The minimum Gasteiger partial charge on any atom is -0.490 e. The Kier molecular flexibility index (Phi) is 8.53. The van der Waals surface area contributed by atoms with E-state index in [0.717, 1.165) is 5.69 Å². The molecule has 5 nitrogen and oxygen atoms in total. The van der Waals surface area contributed by atoms with Crippen molar-refractivity contribution < 1.29 is 19.0 Å². The van der Waals surface area contributed by atoms with Gasteiger partial charge in [0.25, 0.3) is 0 Å². The van der Waals surface area contributed by atoms with E-state index in [1.807, 2.05) is 26.0 Å². The normalized spacial score (nSPS) is 9.21. The van der Waals surface area contributed by atoms with E-state index in [-0.39, 0.29) is 24.9 Å². The number of hydrogen-bond donors (Lipinski definition) is 1. The van der Waals surface area contributed by atoms with Crippen LogP contribution in [0.15, 0.2) is 18.2 Å². The van der Waals surface area contributed by atoms with Gasteiger partial charge in [0.15, 0.2) is 11.5 Å². The molecule has 1 aromatic rings. The third-order valence-electron chi connectivity index (χ3n) is 2.21. The Morgan fingerprint density at radius 3 is 2.37 bits per heavy atom. The van der Waals surface area contributed by atoms with Crippen LogP contribution in [0, 0.1) is 0 Å². The van der Waals surface area contributed by atoms with Crippen molar-refractivity contribution >= 4 is 24.1 Å². The zero-order chi connectivity index (χ0) is 13.4. The number of carbonyl (C=O) groups excluding carboxylic acids is 1. The van der Waals surface area contributed by atoms with Gasteiger partial charge in [0.1, 0.15) is 6.54 Å². The van der Waals surface area contributed by atoms with Gasteiger partial charge in [-0.15, -0.1) is 12.4 Å². The van der Waals surface area contributed by atoms with E-state index in [2.05, 4.69) is 10.1 Å². The molecule has 6 heteroatoms. The fourth-order valence-electron chi connectivity index (χ4n) is 1.41. The second kappa shape index (κ2) is 9.33. The SMILES string of the molecule is CCOc1ccc(NCC(=O)OC)cc1OCC.Cl. The number of ether oxygens (including phenoxy) is 3. The molecule has 0 aliphatic carbocycles. The molecule has 0 aliphatic heterocycles. The predicted octanol–water partition coefficient (Wildman–Crippen LogP) is 2.49. The topological polar surface area (TPSA) is 56.8 Å². The molecule has 0 amide bonds. The molecule has 0 aromatic heterocycles. The monoisotopic (exact) mass is 289 g/mol. The number of carbonyl (C=O) groups is 1. The summed E-state index contributed by atoms with van der Waals surface area (Å²) >= 11 is 0. The van der Waals surface area contributed by atoms with Gasteiger partial charge in [-0.1, -0.05) is 0 Å². The first kappa shape index (κ1) is 17.4. The molecule has 0 unspecified atom stereocenters. The van der Waals surface area contributed by atoms with E-state index in [0.29, 0.717) is 24.7 Å². The Balaban J connectivity index is 0.00000324. The Morgan fingerprint density at radius 2 is 1.79 bits per heavy atom. The van der Waals surface area contributed by atoms with Crippen molar-refractivity contribution in [2.24, 2.45) is 0 Å². The van der Waals surface area contributed by atoms with Crippen molar-refractivity contribution in [2.45, 2.75) is 13.8 Å². The van der Waals surface area contributed by atoms with Gasteiger partial charge in [-0.2, -0.15) is 0 Å². The number of anilines is 1. The Labute approximate surface area is 119 Å². The molecule has 19 heavy (non-hydrogen) atoms. The van der Waals surface area contributed by atoms with Crippen LogP contribution in [0.1, 0.15) is 13.8 Å². The van der Waals surface area contributed by atoms with Crippen molar-refractivity contribution in [1.82, 2.24) is 0 Å². The highest BCUT2D eigenvalue weighted by atomic mass is 35.5. The lowest BCUT2D eigenvalue weighted by Crippen LogP contribution is -2.15. The summed E-state index contributed by atoms with van der Waals surface area (Å²) < 4.78 is 15.5. The van der Waals surface area contributed by atoms with Crippen LogP contribution in [0.2, 0.25) is 0 Å². The minimum absolute atomic E-state index is 0. The minimum atomic E-state index is -0.318. The van der Waals surface area contributed by atoms with Crippen molar-refractivity contribution in [3.05, 3.63) is 18.2 Å². The van der Waals surface area contributed by atoms with Gasteiger partial charge in [-0.25, -0.2) is 0 Å². The van der Waals surface area contributed by atoms with Crippen molar-refractivity contribution in [3.63, 3.8) is 0 Å². The number of hydrogen-bond acceptors (Lipinski definition) is 5. The van der Waals surface area contributed by atoms with Gasteiger partial charge in [-0.05, 0) is 26.0 Å². The Morgan fingerprint density at radius 1 is 1.16 bits per heavy atom. The lowest BCUT2D eigenvalue weighted by Gasteiger charge is -2.13. The molecule has 0 bridgehead atoms. The van der Waals surface area contributed by atoms with Gasteiger partial charge < -0.3 is 19.5 Å². The van der Waals surface area contributed by atoms with Crippen LogP contribution >= 0.6 is 12.4 Å². The molecule has 0 saturated heterocycles. The van der Waals surface area contributed by atoms with E-state index in [1.54, 1.807) is 6.07 Å². The summed E-state index contributed by atoms with van der Waals surface area (Å²) in [5.74, 6) is 1.04. The van der Waals surface area contributed by atoms with E-state index in [1.165, 1.54) is 7.11 Å². The molecule has 1 rings (SSSR count). The van der Waals surface area contributed by atoms with Crippen LogP contribution in [0.25, 0.3) is 0 Å². The van der Waals surface area contributed by atoms with Gasteiger partial charge >= 0.3 is 5.97 Å². The van der Waals surface area contributed by atoms with Gasteiger partial charge in [0, 0.05) is 11.8 Å². The first-order chi connectivity index (χ1) is 8.71. The first-order valence-electron chi connectivity index (χ1n) is 5.91. The van der Waals surface area contributed by atoms with E-state index in [9.17, 15) is 4.79 Å². The number of methoxy groups -OCH3 is 1.